The number of unbranched alkanes of at least 4 members (excludes halogenated alkanes) is 2. The first kappa shape index (κ1) is 48.7. The van der Waals surface area contributed by atoms with Crippen LogP contribution in [0.25, 0.3) is 0 Å². The van der Waals surface area contributed by atoms with E-state index in [4.69, 9.17) is 4.74 Å². The van der Waals surface area contributed by atoms with Crippen molar-refractivity contribution in [2.75, 3.05) is 42.3 Å². The molecule has 70 heavy (non-hydrogen) atoms. The summed E-state index contributed by atoms with van der Waals surface area (Å²) in [5.74, 6) is -0.639. The quantitative estimate of drug-likeness (QED) is 0.0748. The number of carbonyl (C=O) groups excluding carboxylic acids is 4. The maximum Gasteiger partial charge on any atom is 0.416 e. The van der Waals surface area contributed by atoms with Crippen LogP contribution in [-0.2, 0) is 59.4 Å². The van der Waals surface area contributed by atoms with Gasteiger partial charge in [0.25, 0.3) is 11.8 Å². The van der Waals surface area contributed by atoms with Gasteiger partial charge in [0.1, 0.15) is 0 Å². The van der Waals surface area contributed by atoms with Gasteiger partial charge in [-0.1, -0.05) is 22.6 Å². The number of amides is 4. The number of anilines is 3. The van der Waals surface area contributed by atoms with Crippen LogP contribution in [0, 0.1) is 11.8 Å². The minimum absolute atomic E-state index is 0.0329. The van der Waals surface area contributed by atoms with Crippen molar-refractivity contribution >= 4 is 41.0 Å². The van der Waals surface area contributed by atoms with E-state index in [0.717, 1.165) is 60.2 Å². The number of aryl methyl sites for hydroxylation is 4. The fraction of sp³-hybridized carbons (Fsp3) is 0.413. The number of pyridine rings is 1. The maximum absolute atomic E-state index is 13.2. The van der Waals surface area contributed by atoms with E-state index < -0.39 is 17.6 Å². The number of alkyl halides is 3. The Morgan fingerprint density at radius 1 is 0.757 bits per heavy atom. The number of nitrogens with zero attached hydrogens (tertiary/aromatic N) is 12. The molecule has 366 valence electrons. The van der Waals surface area contributed by atoms with Crippen molar-refractivity contribution in [2.45, 2.75) is 83.3 Å². The number of nitrogens with one attached hydrogen (secondary N) is 4. The number of hydrogen-bond acceptors (Lipinski definition) is 15. The molecule has 5 aromatic heterocycles. The van der Waals surface area contributed by atoms with Gasteiger partial charge in [-0.2, -0.15) is 23.4 Å². The Bertz CT molecular complexity index is 2750. The highest BCUT2D eigenvalue weighted by atomic mass is 19.4. The van der Waals surface area contributed by atoms with E-state index in [2.05, 4.69) is 72.2 Å². The van der Waals surface area contributed by atoms with Gasteiger partial charge in [-0.15, -0.1) is 20.4 Å². The number of benzene rings is 1. The zero-order chi connectivity index (χ0) is 49.0. The Balaban J connectivity index is 0.711. The second-order valence-corrected chi connectivity index (χ2v) is 17.0. The molecule has 4 N–H and O–H groups in total. The molecule has 21 nitrogen and oxygen atoms in total. The van der Waals surface area contributed by atoms with Gasteiger partial charge in [-0.25, -0.2) is 0 Å². The third-order valence-corrected chi connectivity index (χ3v) is 11.8. The van der Waals surface area contributed by atoms with E-state index in [1.807, 2.05) is 36.4 Å². The van der Waals surface area contributed by atoms with Crippen LogP contribution in [-0.4, -0.2) is 112 Å². The SMILES string of the molecule is CNC(=O)c1cn(CCCCc2ccc(NC(=O)Cc3cccc(N4CCOC(C5CC5C(=O)Nc5ccc(CCCCn6cc(C(=O)NCc7cc(C(F)(F)F)ccn7)nn6)nn5)C4)c3)nn2)nn1. The minimum Gasteiger partial charge on any atom is -0.374 e. The molecule has 1 saturated heterocycles. The van der Waals surface area contributed by atoms with Crippen molar-refractivity contribution in [3.8, 4) is 0 Å². The molecule has 6 heterocycles. The maximum atomic E-state index is 13.2. The first-order valence-electron chi connectivity index (χ1n) is 22.9. The number of hydrogen-bond donors (Lipinski definition) is 4. The van der Waals surface area contributed by atoms with Gasteiger partial charge in [-0.3, -0.25) is 33.5 Å². The first-order chi connectivity index (χ1) is 33.9. The van der Waals surface area contributed by atoms with Crippen LogP contribution in [0.1, 0.15) is 81.3 Å². The molecule has 0 spiro atoms. The van der Waals surface area contributed by atoms with Crippen molar-refractivity contribution in [1.29, 1.82) is 0 Å². The molecular formula is C46H51F3N16O5. The molecule has 6 aromatic rings. The van der Waals surface area contributed by atoms with Gasteiger partial charge < -0.3 is 30.9 Å². The molecule has 2 aliphatic rings. The van der Waals surface area contributed by atoms with Crippen molar-refractivity contribution in [2.24, 2.45) is 11.8 Å². The third kappa shape index (κ3) is 13.5. The summed E-state index contributed by atoms with van der Waals surface area (Å²) in [5, 5.41) is 43.4. The summed E-state index contributed by atoms with van der Waals surface area (Å²) < 4.78 is 48.2. The number of halogens is 3. The van der Waals surface area contributed by atoms with Crippen molar-refractivity contribution in [3.63, 3.8) is 0 Å². The number of morpholine rings is 1. The normalized spacial score (nSPS) is 16.6. The molecule has 3 atom stereocenters. The van der Waals surface area contributed by atoms with Gasteiger partial charge >= 0.3 is 6.18 Å². The summed E-state index contributed by atoms with van der Waals surface area (Å²) in [6, 6.07) is 16.7. The summed E-state index contributed by atoms with van der Waals surface area (Å²) in [5.41, 5.74) is 2.88. The predicted molar refractivity (Wildman–Crippen MR) is 245 cm³/mol. The fourth-order valence-electron chi connectivity index (χ4n) is 7.99. The Morgan fingerprint density at radius 3 is 2.07 bits per heavy atom. The molecule has 3 unspecified atom stereocenters. The number of carbonyl (C=O) groups is 4. The first-order valence-corrected chi connectivity index (χ1v) is 22.9. The van der Waals surface area contributed by atoms with Crippen LogP contribution in [0.4, 0.5) is 30.5 Å². The zero-order valence-corrected chi connectivity index (χ0v) is 38.2. The highest BCUT2D eigenvalue weighted by Gasteiger charge is 2.49. The third-order valence-electron chi connectivity index (χ3n) is 11.8. The predicted octanol–water partition coefficient (Wildman–Crippen LogP) is 3.86. The largest absolute Gasteiger partial charge is 0.416 e. The van der Waals surface area contributed by atoms with Crippen LogP contribution in [0.15, 0.2) is 79.3 Å². The van der Waals surface area contributed by atoms with Gasteiger partial charge in [0.2, 0.25) is 11.8 Å². The summed E-state index contributed by atoms with van der Waals surface area (Å²) in [6.07, 6.45) is 4.71. The molecule has 1 aliphatic carbocycles. The van der Waals surface area contributed by atoms with E-state index >= 15 is 0 Å². The Labute approximate surface area is 399 Å². The molecule has 2 fully saturated rings. The smallest absolute Gasteiger partial charge is 0.374 e. The number of rotatable bonds is 21. The topological polar surface area (TPSA) is 255 Å². The van der Waals surface area contributed by atoms with Crippen LogP contribution < -0.4 is 26.2 Å². The molecule has 8 rings (SSSR count). The molecule has 24 heteroatoms. The summed E-state index contributed by atoms with van der Waals surface area (Å²) >= 11 is 0. The Kier molecular flexibility index (Phi) is 15.7. The Morgan fingerprint density at radius 2 is 1.43 bits per heavy atom. The van der Waals surface area contributed by atoms with E-state index in [-0.39, 0.29) is 65.7 Å². The van der Waals surface area contributed by atoms with Gasteiger partial charge in [0.05, 0.1) is 60.7 Å². The van der Waals surface area contributed by atoms with Crippen LogP contribution in [0.3, 0.4) is 0 Å². The van der Waals surface area contributed by atoms with Crippen LogP contribution in [0.2, 0.25) is 0 Å². The monoisotopic (exact) mass is 964 g/mol. The van der Waals surface area contributed by atoms with E-state index in [1.54, 1.807) is 30.1 Å². The summed E-state index contributed by atoms with van der Waals surface area (Å²) in [4.78, 5) is 56.5. The second-order valence-electron chi connectivity index (χ2n) is 17.0. The number of aromatic nitrogens is 11. The molecule has 0 radical (unpaired) electrons. The molecule has 0 bridgehead atoms. The highest BCUT2D eigenvalue weighted by Crippen LogP contribution is 2.44. The second kappa shape index (κ2) is 22.6. The average Bonchev–Trinajstić information content (AvgIpc) is 3.79. The lowest BCUT2D eigenvalue weighted by Crippen LogP contribution is -2.44. The lowest BCUT2D eigenvalue weighted by molar-refractivity contribution is -0.137. The van der Waals surface area contributed by atoms with Crippen molar-refractivity contribution < 1.29 is 37.1 Å². The van der Waals surface area contributed by atoms with Gasteiger partial charge in [0.15, 0.2) is 23.0 Å². The summed E-state index contributed by atoms with van der Waals surface area (Å²) in [7, 11) is 1.54. The standard InChI is InChI=1S/C46H51F3N16O5/c1-50-44(68)37-26-64(61-57-37)17-4-2-8-31-11-13-40(59-55-31)53-42(66)22-29-7-6-10-34(21-29)63-19-20-70-39(28-63)35-24-36(35)43(67)54-41-14-12-32(56-60-41)9-3-5-18-65-27-38(58-62-65)45(69)52-25-33-23-30(15-16-51-33)46(47,48)49/h6-7,10-16,21,23,26-27,35-36,39H,2-5,8-9,17-20,22,24-25,28H2,1H3,(H,50,68)(H,52,69)(H,53,59,66)(H,54,60,67). The van der Waals surface area contributed by atoms with E-state index in [0.29, 0.717) is 70.1 Å². The fourth-order valence-corrected chi connectivity index (χ4v) is 7.99. The molecule has 4 amide bonds. The average molecular weight is 965 g/mol. The lowest BCUT2D eigenvalue weighted by atomic mass is 10.1. The van der Waals surface area contributed by atoms with Gasteiger partial charge in [-0.05, 0) is 105 Å². The lowest BCUT2D eigenvalue weighted by Gasteiger charge is -2.35. The number of ether oxygens (including phenoxy) is 1. The van der Waals surface area contributed by atoms with Crippen molar-refractivity contribution in [3.05, 3.63) is 119 Å². The Hall–Kier alpha value is -7.76. The molecule has 1 aromatic carbocycles. The van der Waals surface area contributed by atoms with Gasteiger partial charge in [0, 0.05) is 51.0 Å². The van der Waals surface area contributed by atoms with Crippen molar-refractivity contribution in [1.82, 2.24) is 66.0 Å². The van der Waals surface area contributed by atoms with E-state index in [9.17, 15) is 32.3 Å². The van der Waals surface area contributed by atoms with E-state index in [1.165, 1.54) is 10.9 Å². The van der Waals surface area contributed by atoms with Crippen LogP contribution in [0.5, 0.6) is 0 Å². The zero-order valence-electron chi connectivity index (χ0n) is 38.2. The van der Waals surface area contributed by atoms with Crippen LogP contribution >= 0.6 is 0 Å². The minimum atomic E-state index is -4.51. The highest BCUT2D eigenvalue weighted by molar-refractivity contribution is 5.94. The molecule has 1 saturated carbocycles. The molecular weight excluding hydrogens is 914 g/mol. The molecule has 1 aliphatic heterocycles. The summed E-state index contributed by atoms with van der Waals surface area (Å²) in [6.45, 7) is 2.69.